The number of anilines is 9. The molecule has 0 unspecified atom stereocenters. The number of fused-ring (bicyclic) bond motifs is 14. The minimum Gasteiger partial charge on any atom is -0.458 e. The van der Waals surface area contributed by atoms with E-state index in [1.165, 1.54) is 49.7 Å². The van der Waals surface area contributed by atoms with Crippen LogP contribution in [0.15, 0.2) is 321 Å². The summed E-state index contributed by atoms with van der Waals surface area (Å²) < 4.78 is 55.6. The molecule has 0 bridgehead atoms. The second-order valence-corrected chi connectivity index (χ2v) is 34.8. The lowest BCUT2D eigenvalue weighted by Gasteiger charge is -2.46. The van der Waals surface area contributed by atoms with E-state index in [4.69, 9.17) is 8.85 Å². The Morgan fingerprint density at radius 3 is 1.45 bits per heavy atom. The van der Waals surface area contributed by atoms with Gasteiger partial charge in [-0.2, -0.15) is 0 Å². The largest absolute Gasteiger partial charge is 0.458 e. The third-order valence-electron chi connectivity index (χ3n) is 24.7. The van der Waals surface area contributed by atoms with Crippen LogP contribution in [0.4, 0.5) is 51.2 Å². The zero-order valence-electron chi connectivity index (χ0n) is 70.1. The van der Waals surface area contributed by atoms with E-state index in [0.717, 1.165) is 146 Å². The van der Waals surface area contributed by atoms with E-state index in [1.54, 1.807) is 0 Å². The number of hydrogen-bond donors (Lipinski definition) is 0. The summed E-state index contributed by atoms with van der Waals surface area (Å²) in [5.74, 6) is 1.52. The second-order valence-electron chi connectivity index (χ2n) is 34.8. The molecular weight excluding hydrogens is 1350 g/mol. The standard InChI is InChI=1S/C105H86B2N4O/c1-102(2,3)70-49-53-88-81(57-70)82-58-71(103(4,5)6)50-54-89(82)110(88)75-61-94-99-95(62-75)111(101-79(67-33-18-13-19-34-67)59-72(104(7,8)9)60-80(101)68-35-20-14-21-36-68)91-46-29-27-44-85(91)106(99)86-63-87-96(64-92(86)109(94)74-51-47-66(48-52-74)65-31-16-12-17-32-65)112-97-56-69(76-40-30-41-78-77-39-24-25-42-83(77)105(10,11)98(76)78)55-93-100(97)107(87)84-43-26-28-45-90(84)108(93)73-37-22-15-23-38-73/h12-64H,1-11H3/i12D,16D,17D,31D,32D. The van der Waals surface area contributed by atoms with Crippen molar-refractivity contribution in [1.29, 1.82) is 0 Å². The van der Waals surface area contributed by atoms with Crippen LogP contribution in [0.1, 0.15) is 111 Å². The number of benzene rings is 15. The maximum absolute atomic E-state index is 9.34. The van der Waals surface area contributed by atoms with Gasteiger partial charge in [-0.25, -0.2) is 0 Å². The normalized spacial score (nSPS) is 14.7. The molecule has 15 aromatic carbocycles. The predicted octanol–water partition coefficient (Wildman–Crippen LogP) is 24.1. The Hall–Kier alpha value is -12.6. The molecule has 7 heteroatoms. The Bertz CT molecular complexity index is 6750. The van der Waals surface area contributed by atoms with E-state index < -0.39 is 6.04 Å². The molecule has 538 valence electrons. The molecule has 0 amide bonds. The number of nitrogens with zero attached hydrogens (tertiary/aromatic N) is 4. The molecule has 4 aliphatic heterocycles. The first-order valence-electron chi connectivity index (χ1n) is 41.9. The van der Waals surface area contributed by atoms with Crippen molar-refractivity contribution in [2.75, 3.05) is 14.7 Å². The van der Waals surface area contributed by atoms with Gasteiger partial charge in [0.2, 0.25) is 0 Å². The zero-order chi connectivity index (χ0) is 80.4. The van der Waals surface area contributed by atoms with Gasteiger partial charge in [0, 0.05) is 78.9 Å². The summed E-state index contributed by atoms with van der Waals surface area (Å²) in [6.07, 6.45) is 0. The topological polar surface area (TPSA) is 23.9 Å². The molecule has 5 heterocycles. The zero-order valence-corrected chi connectivity index (χ0v) is 65.1. The van der Waals surface area contributed by atoms with E-state index in [2.05, 4.69) is 374 Å². The summed E-state index contributed by atoms with van der Waals surface area (Å²) in [4.78, 5) is 7.50. The Kier molecular flexibility index (Phi) is 13.7. The van der Waals surface area contributed by atoms with Crippen molar-refractivity contribution in [3.8, 4) is 72.8 Å². The molecule has 0 saturated carbocycles. The highest BCUT2D eigenvalue weighted by Crippen LogP contribution is 2.56. The van der Waals surface area contributed by atoms with Crippen LogP contribution in [-0.2, 0) is 21.7 Å². The summed E-state index contributed by atoms with van der Waals surface area (Å²) in [5.41, 5.74) is 34.0. The fraction of sp³-hybridized carbons (Fsp3) is 0.143. The van der Waals surface area contributed by atoms with Crippen molar-refractivity contribution in [1.82, 2.24) is 4.57 Å². The van der Waals surface area contributed by atoms with Crippen LogP contribution in [0.3, 0.4) is 0 Å². The van der Waals surface area contributed by atoms with Gasteiger partial charge >= 0.3 is 0 Å². The predicted molar refractivity (Wildman–Crippen MR) is 476 cm³/mol. The fourth-order valence-corrected chi connectivity index (χ4v) is 19.3. The summed E-state index contributed by atoms with van der Waals surface area (Å²) >= 11 is 0. The Morgan fingerprint density at radius 2 is 0.830 bits per heavy atom. The van der Waals surface area contributed by atoms with Crippen LogP contribution in [0, 0.1) is 0 Å². The van der Waals surface area contributed by atoms with E-state index in [9.17, 15) is 2.74 Å². The van der Waals surface area contributed by atoms with Crippen molar-refractivity contribution in [3.63, 3.8) is 0 Å². The third-order valence-corrected chi connectivity index (χ3v) is 24.7. The molecule has 0 fully saturated rings. The number of hydrogen-bond acceptors (Lipinski definition) is 4. The van der Waals surface area contributed by atoms with Crippen LogP contribution < -0.4 is 52.2 Å². The smallest absolute Gasteiger partial charge is 0.256 e. The molecule has 1 aromatic heterocycles. The summed E-state index contributed by atoms with van der Waals surface area (Å²) in [5, 5.41) is 2.35. The molecule has 0 radical (unpaired) electrons. The van der Waals surface area contributed by atoms with Gasteiger partial charge in [0.05, 0.1) is 29.3 Å². The number of aromatic nitrogens is 1. The van der Waals surface area contributed by atoms with Gasteiger partial charge in [0.1, 0.15) is 11.5 Å². The molecule has 16 aromatic rings. The molecule has 0 N–H and O–H groups in total. The van der Waals surface area contributed by atoms with Crippen molar-refractivity contribution in [3.05, 3.63) is 349 Å². The molecule has 1 aliphatic carbocycles. The monoisotopic (exact) mass is 1450 g/mol. The van der Waals surface area contributed by atoms with E-state index in [1.807, 2.05) is 12.1 Å². The number of rotatable bonds is 8. The van der Waals surface area contributed by atoms with Gasteiger partial charge < -0.3 is 24.0 Å². The minimum absolute atomic E-state index is 0.141. The fourth-order valence-electron chi connectivity index (χ4n) is 19.3. The maximum atomic E-state index is 9.34. The highest BCUT2D eigenvalue weighted by atomic mass is 16.5. The quantitative estimate of drug-likeness (QED) is 0.142. The molecule has 112 heavy (non-hydrogen) atoms. The van der Waals surface area contributed by atoms with Crippen LogP contribution in [0.25, 0.3) is 83.1 Å². The minimum atomic E-state index is -0.432. The Balaban J connectivity index is 0.893. The van der Waals surface area contributed by atoms with Gasteiger partial charge in [0.25, 0.3) is 13.4 Å². The highest BCUT2D eigenvalue weighted by molar-refractivity contribution is 7.02. The van der Waals surface area contributed by atoms with Crippen molar-refractivity contribution >= 4 is 119 Å². The first-order chi connectivity index (χ1) is 56.3. The first kappa shape index (κ1) is 62.2. The van der Waals surface area contributed by atoms with Crippen LogP contribution in [0.2, 0.25) is 0 Å². The maximum Gasteiger partial charge on any atom is 0.256 e. The molecule has 0 saturated heterocycles. The first-order valence-corrected chi connectivity index (χ1v) is 39.4. The van der Waals surface area contributed by atoms with Gasteiger partial charge in [0.15, 0.2) is 0 Å². The Labute approximate surface area is 665 Å². The average molecular weight is 1450 g/mol. The highest BCUT2D eigenvalue weighted by Gasteiger charge is 2.49. The van der Waals surface area contributed by atoms with Crippen molar-refractivity contribution in [2.24, 2.45) is 0 Å². The van der Waals surface area contributed by atoms with Gasteiger partial charge in [-0.3, -0.25) is 0 Å². The lowest BCUT2D eigenvalue weighted by molar-refractivity contribution is 0.488. The summed E-state index contributed by atoms with van der Waals surface area (Å²) in [6.45, 7) is 24.8. The van der Waals surface area contributed by atoms with Gasteiger partial charge in [-0.1, -0.05) is 294 Å². The lowest BCUT2D eigenvalue weighted by atomic mass is 9.30. The molecule has 5 aliphatic rings. The third kappa shape index (κ3) is 10.3. The van der Waals surface area contributed by atoms with Crippen LogP contribution >= 0.6 is 0 Å². The molecule has 21 rings (SSSR count). The average Bonchev–Trinajstić information content (AvgIpc) is 0.962. The molecule has 0 atom stereocenters. The lowest BCUT2D eigenvalue weighted by Crippen LogP contribution is -2.64. The molecule has 0 spiro atoms. The number of para-hydroxylation sites is 3. The van der Waals surface area contributed by atoms with Crippen LogP contribution in [-0.4, -0.2) is 18.0 Å². The second kappa shape index (κ2) is 24.7. The van der Waals surface area contributed by atoms with E-state index >= 15 is 0 Å². The summed E-state index contributed by atoms with van der Waals surface area (Å²) in [7, 11) is 0. The summed E-state index contributed by atoms with van der Waals surface area (Å²) in [6, 6.07) is 106. The van der Waals surface area contributed by atoms with Gasteiger partial charge in [-0.15, -0.1) is 0 Å². The van der Waals surface area contributed by atoms with Crippen molar-refractivity contribution in [2.45, 2.75) is 97.8 Å². The molecular formula is C105H86B2N4O. The Morgan fingerprint density at radius 1 is 0.321 bits per heavy atom. The van der Waals surface area contributed by atoms with E-state index in [-0.39, 0.29) is 64.8 Å². The molecule has 5 nitrogen and oxygen atoms in total. The number of ether oxygens (including phenoxy) is 1. The SMILES string of the molecule is [2H]c1c([2H])c([2H])c(-c2ccc(N3c4cc5c(cc4B4c6ccccc6N(c6c(-c7ccccc7)cc(C(C)(C)C)cc6-c6ccccc6)c6cc(-n7c8ccc(C(C)(C)C)cc8c8cc(C(C)(C)C)ccc87)cc3c64)B3c4ccccc4N(c4ccccc4)c4cc(-c6cccc7c6C(C)(C)c6ccccc6-7)cc(c43)O5)cc2)c([2H])c1[2H]. The van der Waals surface area contributed by atoms with Crippen molar-refractivity contribution < 1.29 is 11.6 Å². The van der Waals surface area contributed by atoms with Crippen LogP contribution in [0.5, 0.6) is 11.5 Å². The van der Waals surface area contributed by atoms with Gasteiger partial charge in [-0.05, 0) is 218 Å². The van der Waals surface area contributed by atoms with E-state index in [0.29, 0.717) is 5.56 Å².